The van der Waals surface area contributed by atoms with Crippen molar-refractivity contribution in [3.63, 3.8) is 0 Å². The van der Waals surface area contributed by atoms with Crippen LogP contribution in [0.1, 0.15) is 59.8 Å². The second-order valence-corrected chi connectivity index (χ2v) is 5.96. The smallest absolute Gasteiger partial charge is 0.410 e. The Bertz CT molecular complexity index is 383. The number of alkyl carbamates (subject to hydrolysis) is 1. The first kappa shape index (κ1) is 21.2. The van der Waals surface area contributed by atoms with Gasteiger partial charge in [0.15, 0.2) is 0 Å². The molecule has 0 saturated carbocycles. The van der Waals surface area contributed by atoms with E-state index >= 15 is 0 Å². The van der Waals surface area contributed by atoms with Crippen molar-refractivity contribution in [2.75, 3.05) is 6.54 Å². The largest absolute Gasteiger partial charge is 0.481 e. The van der Waals surface area contributed by atoms with Gasteiger partial charge in [0, 0.05) is 25.8 Å². The minimum absolute atomic E-state index is 0.0127. The van der Waals surface area contributed by atoms with Gasteiger partial charge in [-0.15, -0.1) is 0 Å². The fraction of sp³-hybridized carbons (Fsp3) is 0.812. The Morgan fingerprint density at radius 1 is 1.13 bits per heavy atom. The monoisotopic (exact) mass is 331 g/mol. The molecule has 7 heteroatoms. The SMILES string of the molecule is CCCC(=O)OC(CC)OC(=O)NC[C@H](CC(=O)O)CC(C)C. The summed E-state index contributed by atoms with van der Waals surface area (Å²) in [6.07, 6.45) is 0.339. The molecule has 134 valence electrons. The highest BCUT2D eigenvalue weighted by Crippen LogP contribution is 2.15. The van der Waals surface area contributed by atoms with Gasteiger partial charge < -0.3 is 19.9 Å². The molecule has 0 aromatic rings. The number of carbonyl (C=O) groups is 3. The van der Waals surface area contributed by atoms with E-state index in [1.165, 1.54) is 0 Å². The lowest BCUT2D eigenvalue weighted by Gasteiger charge is -2.20. The van der Waals surface area contributed by atoms with Gasteiger partial charge in [0.25, 0.3) is 0 Å². The van der Waals surface area contributed by atoms with E-state index in [0.717, 1.165) is 0 Å². The first-order valence-electron chi connectivity index (χ1n) is 8.14. The van der Waals surface area contributed by atoms with E-state index in [-0.39, 0.29) is 25.3 Å². The third-order valence-electron chi connectivity index (χ3n) is 3.09. The lowest BCUT2D eigenvalue weighted by molar-refractivity contribution is -0.168. The molecule has 0 bridgehead atoms. The van der Waals surface area contributed by atoms with Crippen LogP contribution < -0.4 is 5.32 Å². The van der Waals surface area contributed by atoms with Crippen LogP contribution in [-0.4, -0.2) is 36.0 Å². The number of hydrogen-bond donors (Lipinski definition) is 2. The molecule has 2 atom stereocenters. The molecule has 23 heavy (non-hydrogen) atoms. The number of ether oxygens (including phenoxy) is 2. The number of carbonyl (C=O) groups excluding carboxylic acids is 2. The van der Waals surface area contributed by atoms with Crippen LogP contribution in [0.25, 0.3) is 0 Å². The number of rotatable bonds is 11. The summed E-state index contributed by atoms with van der Waals surface area (Å²) < 4.78 is 10.1. The summed E-state index contributed by atoms with van der Waals surface area (Å²) in [6, 6.07) is 0. The molecule has 0 heterocycles. The van der Waals surface area contributed by atoms with Crippen LogP contribution in [0.5, 0.6) is 0 Å². The molecule has 0 radical (unpaired) electrons. The van der Waals surface area contributed by atoms with E-state index in [9.17, 15) is 14.4 Å². The molecule has 0 aliphatic rings. The van der Waals surface area contributed by atoms with Crippen LogP contribution in [0.15, 0.2) is 0 Å². The van der Waals surface area contributed by atoms with E-state index in [0.29, 0.717) is 25.2 Å². The molecular formula is C16H29NO6. The zero-order valence-corrected chi connectivity index (χ0v) is 14.5. The van der Waals surface area contributed by atoms with Gasteiger partial charge in [0.1, 0.15) is 0 Å². The molecule has 0 saturated heterocycles. The van der Waals surface area contributed by atoms with E-state index in [2.05, 4.69) is 5.32 Å². The summed E-state index contributed by atoms with van der Waals surface area (Å²) in [4.78, 5) is 34.0. The first-order valence-corrected chi connectivity index (χ1v) is 8.14. The average molecular weight is 331 g/mol. The second kappa shape index (κ2) is 11.7. The standard InChI is InChI=1S/C16H29NO6/c1-5-7-14(20)22-15(6-2)23-16(21)17-10-12(8-11(3)4)9-13(18)19/h11-12,15H,5-10H2,1-4H3,(H,17,21)(H,18,19)/t12-,15?/m0/s1. The van der Waals surface area contributed by atoms with Crippen molar-refractivity contribution >= 4 is 18.0 Å². The van der Waals surface area contributed by atoms with Crippen LogP contribution in [0.3, 0.4) is 0 Å². The number of amides is 1. The van der Waals surface area contributed by atoms with Gasteiger partial charge in [-0.1, -0.05) is 27.7 Å². The average Bonchev–Trinajstić information content (AvgIpc) is 2.43. The van der Waals surface area contributed by atoms with Crippen molar-refractivity contribution in [2.45, 2.75) is 66.1 Å². The number of carboxylic acid groups (broad SMARTS) is 1. The van der Waals surface area contributed by atoms with Gasteiger partial charge in [-0.2, -0.15) is 0 Å². The lowest BCUT2D eigenvalue weighted by Crippen LogP contribution is -2.35. The Morgan fingerprint density at radius 3 is 2.26 bits per heavy atom. The molecule has 0 aliphatic carbocycles. The van der Waals surface area contributed by atoms with Gasteiger partial charge in [-0.3, -0.25) is 9.59 Å². The van der Waals surface area contributed by atoms with Crippen molar-refractivity contribution in [2.24, 2.45) is 11.8 Å². The number of esters is 1. The van der Waals surface area contributed by atoms with Gasteiger partial charge in [-0.25, -0.2) is 4.79 Å². The molecule has 2 N–H and O–H groups in total. The molecule has 7 nitrogen and oxygen atoms in total. The zero-order valence-electron chi connectivity index (χ0n) is 14.5. The van der Waals surface area contributed by atoms with Crippen molar-refractivity contribution < 1.29 is 29.0 Å². The maximum absolute atomic E-state index is 11.8. The Labute approximate surface area is 137 Å². The Hall–Kier alpha value is -1.79. The van der Waals surface area contributed by atoms with Crippen LogP contribution in [0, 0.1) is 11.8 Å². The van der Waals surface area contributed by atoms with Crippen LogP contribution in [0.2, 0.25) is 0 Å². The van der Waals surface area contributed by atoms with Gasteiger partial charge >= 0.3 is 18.0 Å². The predicted molar refractivity (Wildman–Crippen MR) is 84.8 cm³/mol. The third-order valence-corrected chi connectivity index (χ3v) is 3.09. The van der Waals surface area contributed by atoms with Crippen molar-refractivity contribution in [3.8, 4) is 0 Å². The van der Waals surface area contributed by atoms with E-state index < -0.39 is 24.3 Å². The number of carboxylic acids is 1. The second-order valence-electron chi connectivity index (χ2n) is 5.96. The Morgan fingerprint density at radius 2 is 1.78 bits per heavy atom. The van der Waals surface area contributed by atoms with Crippen molar-refractivity contribution in [1.29, 1.82) is 0 Å². The quantitative estimate of drug-likeness (QED) is 0.446. The van der Waals surface area contributed by atoms with Crippen molar-refractivity contribution in [1.82, 2.24) is 5.32 Å². The molecule has 0 aromatic carbocycles. The first-order chi connectivity index (χ1) is 10.8. The maximum Gasteiger partial charge on any atom is 0.410 e. The molecule has 1 unspecified atom stereocenters. The number of aliphatic carboxylic acids is 1. The minimum atomic E-state index is -0.919. The van der Waals surface area contributed by atoms with E-state index in [1.54, 1.807) is 6.92 Å². The van der Waals surface area contributed by atoms with Crippen LogP contribution in [-0.2, 0) is 19.1 Å². The molecule has 0 spiro atoms. The normalized spacial score (nSPS) is 13.3. The fourth-order valence-corrected chi connectivity index (χ4v) is 2.14. The molecule has 0 rings (SSSR count). The highest BCUT2D eigenvalue weighted by Gasteiger charge is 2.19. The fourth-order valence-electron chi connectivity index (χ4n) is 2.14. The summed E-state index contributed by atoms with van der Waals surface area (Å²) in [5.74, 6) is -1.14. The summed E-state index contributed by atoms with van der Waals surface area (Å²) in [5, 5.41) is 11.4. The van der Waals surface area contributed by atoms with Crippen LogP contribution >= 0.6 is 0 Å². The van der Waals surface area contributed by atoms with Gasteiger partial charge in [0.05, 0.1) is 0 Å². The summed E-state index contributed by atoms with van der Waals surface area (Å²) in [5.41, 5.74) is 0. The Balaban J connectivity index is 4.32. The topological polar surface area (TPSA) is 102 Å². The maximum atomic E-state index is 11.8. The minimum Gasteiger partial charge on any atom is -0.481 e. The lowest BCUT2D eigenvalue weighted by atomic mass is 9.94. The van der Waals surface area contributed by atoms with E-state index in [1.807, 2.05) is 20.8 Å². The molecule has 0 aliphatic heterocycles. The van der Waals surface area contributed by atoms with Crippen molar-refractivity contribution in [3.05, 3.63) is 0 Å². The number of nitrogens with one attached hydrogen (secondary N) is 1. The Kier molecular flexibility index (Phi) is 10.8. The highest BCUT2D eigenvalue weighted by atomic mass is 16.7. The van der Waals surface area contributed by atoms with Gasteiger partial charge in [0.2, 0.25) is 6.29 Å². The van der Waals surface area contributed by atoms with E-state index in [4.69, 9.17) is 14.6 Å². The third kappa shape index (κ3) is 11.4. The molecule has 0 fully saturated rings. The van der Waals surface area contributed by atoms with Crippen LogP contribution in [0.4, 0.5) is 4.79 Å². The highest BCUT2D eigenvalue weighted by molar-refractivity contribution is 5.70. The molecular weight excluding hydrogens is 302 g/mol. The summed E-state index contributed by atoms with van der Waals surface area (Å²) >= 11 is 0. The zero-order chi connectivity index (χ0) is 17.8. The molecule has 0 aromatic heterocycles. The van der Waals surface area contributed by atoms with Gasteiger partial charge in [-0.05, 0) is 24.7 Å². The summed E-state index contributed by atoms with van der Waals surface area (Å²) in [7, 11) is 0. The predicted octanol–water partition coefficient (Wildman–Crippen LogP) is 2.93. The summed E-state index contributed by atoms with van der Waals surface area (Å²) in [6.45, 7) is 7.79. The number of hydrogen-bond acceptors (Lipinski definition) is 5. The molecule has 1 amide bonds.